The number of carbonyl (C=O) groups excluding carboxylic acids is 1. The number of carbonyl (C=O) groups is 1. The van der Waals surface area contributed by atoms with Gasteiger partial charge in [-0.1, -0.05) is 54.1 Å². The van der Waals surface area contributed by atoms with Crippen LogP contribution in [0.15, 0.2) is 84.9 Å². The van der Waals surface area contributed by atoms with Gasteiger partial charge in [-0.05, 0) is 42.0 Å². The number of aromatic hydroxyl groups is 1. The maximum atomic E-state index is 13.5. The number of fused-ring (bicyclic) bond motifs is 1. The van der Waals surface area contributed by atoms with Gasteiger partial charge in [-0.25, -0.2) is 0 Å². The van der Waals surface area contributed by atoms with Gasteiger partial charge in [0.25, 0.3) is 11.6 Å². The minimum Gasteiger partial charge on any atom is -0.508 e. The summed E-state index contributed by atoms with van der Waals surface area (Å²) in [7, 11) is 0. The van der Waals surface area contributed by atoms with Crippen LogP contribution in [0.4, 0.5) is 11.4 Å². The first-order valence-corrected chi connectivity index (χ1v) is 9.76. The quantitative estimate of drug-likeness (QED) is 0.341. The molecule has 4 rings (SSSR count). The van der Waals surface area contributed by atoms with E-state index < -0.39 is 4.92 Å². The van der Waals surface area contributed by atoms with E-state index in [0.717, 1.165) is 16.3 Å². The van der Waals surface area contributed by atoms with Gasteiger partial charge < -0.3 is 10.0 Å². The molecule has 0 saturated carbocycles. The summed E-state index contributed by atoms with van der Waals surface area (Å²) in [4.78, 5) is 25.7. The van der Waals surface area contributed by atoms with Crippen LogP contribution < -0.4 is 4.90 Å². The van der Waals surface area contributed by atoms with Crippen LogP contribution in [0.1, 0.15) is 21.5 Å². The highest BCUT2D eigenvalue weighted by Gasteiger charge is 2.22. The number of phenolic OH excluding ortho intramolecular Hbond substituents is 1. The van der Waals surface area contributed by atoms with Gasteiger partial charge in [0.15, 0.2) is 0 Å². The van der Waals surface area contributed by atoms with Gasteiger partial charge in [0, 0.05) is 28.9 Å². The van der Waals surface area contributed by atoms with E-state index in [1.807, 2.05) is 61.5 Å². The predicted molar refractivity (Wildman–Crippen MR) is 120 cm³/mol. The smallest absolute Gasteiger partial charge is 0.270 e. The number of hydrogen-bond donors (Lipinski definition) is 1. The third-order valence-corrected chi connectivity index (χ3v) is 5.23. The summed E-state index contributed by atoms with van der Waals surface area (Å²) in [5.74, 6) is -0.303. The summed E-state index contributed by atoms with van der Waals surface area (Å²) in [5.41, 5.74) is 2.34. The van der Waals surface area contributed by atoms with Gasteiger partial charge >= 0.3 is 0 Å². The van der Waals surface area contributed by atoms with Gasteiger partial charge in [0.05, 0.1) is 11.5 Å². The molecule has 0 saturated heterocycles. The monoisotopic (exact) mass is 412 g/mol. The first-order chi connectivity index (χ1) is 14.9. The molecule has 6 heteroatoms. The lowest BCUT2D eigenvalue weighted by atomic mass is 10.0. The number of phenols is 1. The van der Waals surface area contributed by atoms with Crippen molar-refractivity contribution in [1.29, 1.82) is 0 Å². The molecule has 0 bridgehead atoms. The summed E-state index contributed by atoms with van der Waals surface area (Å²) in [6.45, 7) is 2.06. The third-order valence-electron chi connectivity index (χ3n) is 5.23. The summed E-state index contributed by atoms with van der Waals surface area (Å²) >= 11 is 0. The molecule has 6 nitrogen and oxygen atoms in total. The Morgan fingerprint density at radius 2 is 1.71 bits per heavy atom. The van der Waals surface area contributed by atoms with Crippen LogP contribution in [0.25, 0.3) is 10.8 Å². The van der Waals surface area contributed by atoms with Crippen molar-refractivity contribution >= 4 is 28.1 Å². The number of hydrogen-bond acceptors (Lipinski definition) is 4. The Kier molecular flexibility index (Phi) is 5.37. The standard InChI is InChI=1S/C25H20N2O4/c1-17-9-12-20(13-10-17)26(25(29)19-6-4-7-21(15-19)27(30)31)16-23-22-8-3-2-5-18(22)11-14-24(23)28/h2-15,28H,16H2,1H3. The SMILES string of the molecule is Cc1ccc(N(Cc2c(O)ccc3ccccc23)C(=O)c2cccc([N+](=O)[O-])c2)cc1. The summed E-state index contributed by atoms with van der Waals surface area (Å²) in [5, 5.41) is 23.6. The lowest BCUT2D eigenvalue weighted by molar-refractivity contribution is -0.384. The summed E-state index contributed by atoms with van der Waals surface area (Å²) < 4.78 is 0. The molecule has 0 spiro atoms. The fourth-order valence-electron chi connectivity index (χ4n) is 3.56. The van der Waals surface area contributed by atoms with Gasteiger partial charge in [-0.15, -0.1) is 0 Å². The molecule has 0 unspecified atom stereocenters. The highest BCUT2D eigenvalue weighted by molar-refractivity contribution is 6.06. The molecular weight excluding hydrogens is 392 g/mol. The Hall–Kier alpha value is -4.19. The van der Waals surface area contributed by atoms with Crippen molar-refractivity contribution in [3.63, 3.8) is 0 Å². The van der Waals surface area contributed by atoms with E-state index >= 15 is 0 Å². The van der Waals surface area contributed by atoms with Crippen molar-refractivity contribution in [2.24, 2.45) is 0 Å². The first-order valence-electron chi connectivity index (χ1n) is 9.76. The van der Waals surface area contributed by atoms with Gasteiger partial charge in [-0.3, -0.25) is 14.9 Å². The van der Waals surface area contributed by atoms with Gasteiger partial charge in [-0.2, -0.15) is 0 Å². The fraction of sp³-hybridized carbons (Fsp3) is 0.0800. The highest BCUT2D eigenvalue weighted by atomic mass is 16.6. The maximum Gasteiger partial charge on any atom is 0.270 e. The molecule has 0 atom stereocenters. The van der Waals surface area contributed by atoms with Crippen LogP contribution in [0.5, 0.6) is 5.75 Å². The third kappa shape index (κ3) is 4.09. The maximum absolute atomic E-state index is 13.5. The molecule has 0 aliphatic carbocycles. The van der Waals surface area contributed by atoms with Crippen LogP contribution in [0, 0.1) is 17.0 Å². The number of benzene rings is 4. The normalized spacial score (nSPS) is 10.7. The molecule has 154 valence electrons. The van der Waals surface area contributed by atoms with Crippen LogP contribution >= 0.6 is 0 Å². The zero-order chi connectivity index (χ0) is 22.0. The Morgan fingerprint density at radius 3 is 2.45 bits per heavy atom. The number of nitrogens with zero attached hydrogens (tertiary/aromatic N) is 2. The van der Waals surface area contributed by atoms with Crippen LogP contribution in [0.2, 0.25) is 0 Å². The molecule has 0 aromatic heterocycles. The van der Waals surface area contributed by atoms with Crippen LogP contribution in [-0.4, -0.2) is 15.9 Å². The zero-order valence-electron chi connectivity index (χ0n) is 16.9. The highest BCUT2D eigenvalue weighted by Crippen LogP contribution is 2.31. The topological polar surface area (TPSA) is 83.7 Å². The molecule has 4 aromatic rings. The molecule has 0 heterocycles. The number of nitro benzene ring substituents is 1. The van der Waals surface area contributed by atoms with Crippen molar-refractivity contribution in [2.45, 2.75) is 13.5 Å². The first kappa shape index (κ1) is 20.1. The molecule has 1 N–H and O–H groups in total. The van der Waals surface area contributed by atoms with Gasteiger partial charge in [0.2, 0.25) is 0 Å². The minimum absolute atomic E-state index is 0.0858. The molecule has 1 amide bonds. The number of nitro groups is 1. The van der Waals surface area contributed by atoms with E-state index in [-0.39, 0.29) is 29.5 Å². The van der Waals surface area contributed by atoms with E-state index in [2.05, 4.69) is 0 Å². The number of aryl methyl sites for hydroxylation is 1. The Balaban J connectivity index is 1.82. The second-order valence-corrected chi connectivity index (χ2v) is 7.32. The van der Waals surface area contributed by atoms with Crippen LogP contribution in [0.3, 0.4) is 0 Å². The fourth-order valence-corrected chi connectivity index (χ4v) is 3.56. The van der Waals surface area contributed by atoms with E-state index in [9.17, 15) is 20.0 Å². The number of amides is 1. The van der Waals surface area contributed by atoms with E-state index in [4.69, 9.17) is 0 Å². The Morgan fingerprint density at radius 1 is 0.968 bits per heavy atom. The minimum atomic E-state index is -0.524. The predicted octanol–water partition coefficient (Wildman–Crippen LogP) is 5.61. The number of rotatable bonds is 5. The Labute approximate surface area is 179 Å². The van der Waals surface area contributed by atoms with Crippen LogP contribution in [-0.2, 0) is 6.54 Å². The van der Waals surface area contributed by atoms with E-state index in [1.54, 1.807) is 12.1 Å². The lowest BCUT2D eigenvalue weighted by Crippen LogP contribution is -2.30. The molecule has 4 aromatic carbocycles. The molecule has 31 heavy (non-hydrogen) atoms. The Bertz CT molecular complexity index is 1280. The van der Waals surface area contributed by atoms with Crippen molar-refractivity contribution in [3.05, 3.63) is 112 Å². The lowest BCUT2D eigenvalue weighted by Gasteiger charge is -2.24. The molecule has 0 radical (unpaired) electrons. The van der Waals surface area contributed by atoms with E-state index in [0.29, 0.717) is 11.3 Å². The van der Waals surface area contributed by atoms with Crippen molar-refractivity contribution in [1.82, 2.24) is 0 Å². The van der Waals surface area contributed by atoms with Crippen molar-refractivity contribution in [2.75, 3.05) is 4.90 Å². The molecule has 0 aliphatic rings. The summed E-state index contributed by atoms with van der Waals surface area (Å²) in [6, 6.07) is 24.2. The zero-order valence-corrected chi connectivity index (χ0v) is 16.9. The molecular formula is C25H20N2O4. The largest absolute Gasteiger partial charge is 0.508 e. The average Bonchev–Trinajstić information content (AvgIpc) is 2.79. The average molecular weight is 412 g/mol. The van der Waals surface area contributed by atoms with Gasteiger partial charge in [0.1, 0.15) is 5.75 Å². The second-order valence-electron chi connectivity index (χ2n) is 7.32. The van der Waals surface area contributed by atoms with E-state index in [1.165, 1.54) is 23.1 Å². The van der Waals surface area contributed by atoms with Crippen molar-refractivity contribution in [3.8, 4) is 5.75 Å². The van der Waals surface area contributed by atoms with Crippen molar-refractivity contribution < 1.29 is 14.8 Å². The number of anilines is 1. The summed E-state index contributed by atoms with van der Waals surface area (Å²) in [6.07, 6.45) is 0. The number of non-ortho nitro benzene ring substituents is 1. The second kappa shape index (κ2) is 8.28. The molecule has 0 fully saturated rings. The molecule has 0 aliphatic heterocycles.